The lowest BCUT2D eigenvalue weighted by Gasteiger charge is -2.18. The van der Waals surface area contributed by atoms with Crippen molar-refractivity contribution >= 4 is 17.9 Å². The van der Waals surface area contributed by atoms with Crippen LogP contribution >= 0.6 is 0 Å². The lowest BCUT2D eigenvalue weighted by Crippen LogP contribution is -2.30. The molecule has 0 bridgehead atoms. The maximum absolute atomic E-state index is 12.9. The van der Waals surface area contributed by atoms with E-state index in [1.807, 2.05) is 0 Å². The van der Waals surface area contributed by atoms with Gasteiger partial charge in [0.1, 0.15) is 13.2 Å². The minimum Gasteiger partial charge on any atom is -0.462 e. The number of unbranched alkanes of at least 4 members (excludes halogenated alkanes) is 32. The zero-order valence-corrected chi connectivity index (χ0v) is 54.4. The first-order valence-corrected chi connectivity index (χ1v) is 35.0. The van der Waals surface area contributed by atoms with Crippen LogP contribution in [0.1, 0.15) is 329 Å². The van der Waals surface area contributed by atoms with Crippen molar-refractivity contribution in [3.05, 3.63) is 122 Å². The summed E-state index contributed by atoms with van der Waals surface area (Å²) in [5, 5.41) is 0. The third-order valence-corrected chi connectivity index (χ3v) is 14.9. The van der Waals surface area contributed by atoms with Crippen LogP contribution < -0.4 is 0 Å². The van der Waals surface area contributed by atoms with Gasteiger partial charge in [-0.3, -0.25) is 14.4 Å². The molecule has 6 nitrogen and oxygen atoms in total. The molecule has 474 valence electrons. The van der Waals surface area contributed by atoms with Crippen LogP contribution in [0.3, 0.4) is 0 Å². The second kappa shape index (κ2) is 70.3. The molecule has 0 heterocycles. The first-order chi connectivity index (χ1) is 41.0. The van der Waals surface area contributed by atoms with Crippen LogP contribution in [0.5, 0.6) is 0 Å². The van der Waals surface area contributed by atoms with E-state index in [2.05, 4.69) is 142 Å². The lowest BCUT2D eigenvalue weighted by molar-refractivity contribution is -0.167. The molecule has 1 unspecified atom stereocenters. The van der Waals surface area contributed by atoms with Gasteiger partial charge < -0.3 is 14.2 Å². The minimum atomic E-state index is -0.810. The Labute approximate surface area is 513 Å². The number of allylic oxidation sites excluding steroid dienone is 20. The van der Waals surface area contributed by atoms with Gasteiger partial charge in [-0.1, -0.05) is 296 Å². The van der Waals surface area contributed by atoms with E-state index in [4.69, 9.17) is 14.2 Å². The quantitative estimate of drug-likeness (QED) is 0.0261. The number of ether oxygens (including phenoxy) is 3. The molecule has 0 spiro atoms. The van der Waals surface area contributed by atoms with Crippen molar-refractivity contribution in [3.63, 3.8) is 0 Å². The predicted molar refractivity (Wildman–Crippen MR) is 362 cm³/mol. The Morgan fingerprint density at radius 3 is 0.783 bits per heavy atom. The Balaban J connectivity index is 4.40. The van der Waals surface area contributed by atoms with Gasteiger partial charge in [0.15, 0.2) is 6.10 Å². The molecule has 6 heteroatoms. The summed E-state index contributed by atoms with van der Waals surface area (Å²) < 4.78 is 16.9. The van der Waals surface area contributed by atoms with Crippen molar-refractivity contribution in [2.75, 3.05) is 13.2 Å². The maximum Gasteiger partial charge on any atom is 0.306 e. The summed E-state index contributed by atoms with van der Waals surface area (Å²) in [6.07, 6.45) is 97.9. The zero-order chi connectivity index (χ0) is 59.9. The fourth-order valence-corrected chi connectivity index (χ4v) is 9.68. The Hall–Kier alpha value is -4.19. The second-order valence-electron chi connectivity index (χ2n) is 23.1. The number of carbonyl (C=O) groups is 3. The molecule has 0 aliphatic heterocycles. The highest BCUT2D eigenvalue weighted by Gasteiger charge is 2.19. The molecule has 0 aliphatic rings. The van der Waals surface area contributed by atoms with Crippen molar-refractivity contribution in [2.45, 2.75) is 335 Å². The van der Waals surface area contributed by atoms with Crippen molar-refractivity contribution in [3.8, 4) is 0 Å². The van der Waals surface area contributed by atoms with Gasteiger partial charge in [-0.15, -0.1) is 0 Å². The van der Waals surface area contributed by atoms with Crippen LogP contribution in [-0.2, 0) is 28.6 Å². The van der Waals surface area contributed by atoms with E-state index in [-0.39, 0.29) is 37.5 Å². The molecule has 0 rings (SSSR count). The van der Waals surface area contributed by atoms with Gasteiger partial charge in [0.05, 0.1) is 0 Å². The maximum atomic E-state index is 12.9. The van der Waals surface area contributed by atoms with E-state index in [9.17, 15) is 14.4 Å². The van der Waals surface area contributed by atoms with Gasteiger partial charge in [-0.05, 0) is 135 Å². The van der Waals surface area contributed by atoms with E-state index in [1.165, 1.54) is 173 Å². The largest absolute Gasteiger partial charge is 0.462 e. The van der Waals surface area contributed by atoms with E-state index in [0.29, 0.717) is 19.3 Å². The normalized spacial score (nSPS) is 12.9. The first-order valence-electron chi connectivity index (χ1n) is 35.0. The summed E-state index contributed by atoms with van der Waals surface area (Å²) in [7, 11) is 0. The Morgan fingerprint density at radius 2 is 0.470 bits per heavy atom. The molecular weight excluding hydrogens is 1020 g/mol. The average Bonchev–Trinajstić information content (AvgIpc) is 3.50. The van der Waals surface area contributed by atoms with Crippen molar-refractivity contribution < 1.29 is 28.6 Å². The van der Waals surface area contributed by atoms with Crippen molar-refractivity contribution in [1.29, 1.82) is 0 Å². The fraction of sp³-hybridized carbons (Fsp3) is 0.701. The van der Waals surface area contributed by atoms with Crippen molar-refractivity contribution in [2.24, 2.45) is 0 Å². The predicted octanol–water partition coefficient (Wildman–Crippen LogP) is 24.3. The summed E-state index contributed by atoms with van der Waals surface area (Å²) in [4.78, 5) is 38.5. The van der Waals surface area contributed by atoms with Gasteiger partial charge in [-0.2, -0.15) is 0 Å². The molecule has 1 atom stereocenters. The molecule has 0 saturated carbocycles. The highest BCUT2D eigenvalue weighted by molar-refractivity contribution is 5.71. The number of hydrogen-bond acceptors (Lipinski definition) is 6. The van der Waals surface area contributed by atoms with Crippen LogP contribution in [0.4, 0.5) is 0 Å². The molecule has 0 fully saturated rings. The summed E-state index contributed by atoms with van der Waals surface area (Å²) in [6, 6.07) is 0. The fourth-order valence-electron chi connectivity index (χ4n) is 9.68. The van der Waals surface area contributed by atoms with E-state index in [0.717, 1.165) is 109 Å². The average molecular weight is 1150 g/mol. The highest BCUT2D eigenvalue weighted by atomic mass is 16.6. The topological polar surface area (TPSA) is 78.9 Å². The van der Waals surface area contributed by atoms with Gasteiger partial charge in [0.25, 0.3) is 0 Å². The summed E-state index contributed by atoms with van der Waals surface area (Å²) >= 11 is 0. The number of rotatable bonds is 63. The Morgan fingerprint density at radius 1 is 0.253 bits per heavy atom. The van der Waals surface area contributed by atoms with Gasteiger partial charge >= 0.3 is 17.9 Å². The molecular formula is C77H130O6. The van der Waals surface area contributed by atoms with E-state index >= 15 is 0 Å². The van der Waals surface area contributed by atoms with Crippen LogP contribution in [0.2, 0.25) is 0 Å². The number of esters is 3. The minimum absolute atomic E-state index is 0.0992. The zero-order valence-electron chi connectivity index (χ0n) is 54.4. The van der Waals surface area contributed by atoms with E-state index < -0.39 is 6.10 Å². The molecule has 0 N–H and O–H groups in total. The van der Waals surface area contributed by atoms with Crippen LogP contribution in [0.25, 0.3) is 0 Å². The molecule has 0 amide bonds. The molecule has 0 aromatic rings. The summed E-state index contributed by atoms with van der Waals surface area (Å²) in [5.41, 5.74) is 0. The molecule has 0 aromatic heterocycles. The lowest BCUT2D eigenvalue weighted by atomic mass is 10.0. The van der Waals surface area contributed by atoms with Gasteiger partial charge in [0.2, 0.25) is 0 Å². The molecule has 0 saturated heterocycles. The molecule has 0 aliphatic carbocycles. The Kier molecular flexibility index (Phi) is 66.7. The van der Waals surface area contributed by atoms with Crippen LogP contribution in [0, 0.1) is 0 Å². The van der Waals surface area contributed by atoms with Crippen LogP contribution in [0.15, 0.2) is 122 Å². The van der Waals surface area contributed by atoms with E-state index in [1.54, 1.807) is 0 Å². The summed E-state index contributed by atoms with van der Waals surface area (Å²) in [6.45, 7) is 6.48. The molecule has 0 radical (unpaired) electrons. The molecule has 83 heavy (non-hydrogen) atoms. The third kappa shape index (κ3) is 68.5. The standard InChI is InChI=1S/C77H130O6/c1-4-7-10-13-16-19-22-25-28-31-33-35-36-37-38-39-40-42-43-46-49-52-55-58-61-64-67-70-76(79)82-73-74(72-81-75(78)69-66-63-60-57-54-51-48-45-30-27-24-21-18-15-12-9-6-3)83-77(80)71-68-65-62-59-56-53-50-47-44-41-34-32-29-26-23-20-17-14-11-8-5-2/h8,11,17-18,20-22,25-27,29-31,33-34,41,47,50,56,59,74H,4-7,9-10,12-16,19,23-24,28,32,35-40,42-46,48-49,51-55,57-58,60-73H2,1-3H3/b11-8-,20-17-,21-18-,25-22-,29-26-,30-27-,33-31-,41-34-,50-47-,59-56-. The first kappa shape index (κ1) is 78.8. The van der Waals surface area contributed by atoms with Gasteiger partial charge in [0, 0.05) is 19.3 Å². The van der Waals surface area contributed by atoms with Gasteiger partial charge in [-0.25, -0.2) is 0 Å². The second-order valence-corrected chi connectivity index (χ2v) is 23.1. The monoisotopic (exact) mass is 1150 g/mol. The SMILES string of the molecule is CC/C=C\C/C=C\C/C=C\C/C=C\C/C=C\C/C=C\CCCCC(=O)OC(COC(=O)CCCCCCCCC/C=C\C/C=C\CCCCC)COC(=O)CCCCCCCCCCCCCCCCC/C=C\C/C=C\CCCCCCC. The summed E-state index contributed by atoms with van der Waals surface area (Å²) in [5.74, 6) is -0.941. The van der Waals surface area contributed by atoms with Crippen molar-refractivity contribution in [1.82, 2.24) is 0 Å². The molecule has 0 aromatic carbocycles. The third-order valence-electron chi connectivity index (χ3n) is 14.9. The smallest absolute Gasteiger partial charge is 0.306 e. The van der Waals surface area contributed by atoms with Crippen LogP contribution in [-0.4, -0.2) is 37.2 Å². The number of hydrogen-bond donors (Lipinski definition) is 0. The highest BCUT2D eigenvalue weighted by Crippen LogP contribution is 2.16. The number of carbonyl (C=O) groups excluding carboxylic acids is 3. The Bertz CT molecular complexity index is 1700.